The third kappa shape index (κ3) is 1.76. The summed E-state index contributed by atoms with van der Waals surface area (Å²) in [5.74, 6) is 0. The number of nitrogens with two attached hydrogens (primary N) is 1. The Morgan fingerprint density at radius 2 is 1.88 bits per heavy atom. The number of nitrogens with zero attached hydrogens (tertiary/aromatic N) is 1. The van der Waals surface area contributed by atoms with E-state index >= 15 is 0 Å². The Morgan fingerprint density at radius 1 is 1.19 bits per heavy atom. The Morgan fingerprint density at radius 3 is 2.44 bits per heavy atom. The van der Waals surface area contributed by atoms with Crippen molar-refractivity contribution in [1.29, 1.82) is 0 Å². The van der Waals surface area contributed by atoms with Crippen LogP contribution in [-0.4, -0.2) is 24.5 Å². The molecule has 3 rings (SSSR count). The SMILES string of the molecule is NC(CN1CC2(CCC2)C1)c1ccccc1. The zero-order chi connectivity index (χ0) is 11.0. The third-order valence-corrected chi connectivity index (χ3v) is 4.21. The van der Waals surface area contributed by atoms with Crippen LogP contribution in [0.3, 0.4) is 0 Å². The highest BCUT2D eigenvalue weighted by atomic mass is 15.2. The second kappa shape index (κ2) is 3.86. The van der Waals surface area contributed by atoms with Crippen molar-refractivity contribution in [2.45, 2.75) is 25.3 Å². The molecule has 1 aromatic rings. The number of likely N-dealkylation sites (tertiary alicyclic amines) is 1. The minimum atomic E-state index is 0.179. The van der Waals surface area contributed by atoms with Gasteiger partial charge in [-0.25, -0.2) is 0 Å². The molecule has 2 N–H and O–H groups in total. The summed E-state index contributed by atoms with van der Waals surface area (Å²) in [7, 11) is 0. The summed E-state index contributed by atoms with van der Waals surface area (Å²) in [5.41, 5.74) is 8.19. The fourth-order valence-corrected chi connectivity index (χ4v) is 3.11. The largest absolute Gasteiger partial charge is 0.323 e. The summed E-state index contributed by atoms with van der Waals surface area (Å²) < 4.78 is 0. The van der Waals surface area contributed by atoms with E-state index in [9.17, 15) is 0 Å². The fourth-order valence-electron chi connectivity index (χ4n) is 3.11. The Labute approximate surface area is 97.4 Å². The molecule has 2 heteroatoms. The molecule has 0 radical (unpaired) electrons. The lowest BCUT2D eigenvalue weighted by Gasteiger charge is -2.56. The van der Waals surface area contributed by atoms with E-state index in [-0.39, 0.29) is 6.04 Å². The van der Waals surface area contributed by atoms with Crippen LogP contribution in [0.4, 0.5) is 0 Å². The predicted octanol–water partition coefficient (Wildman–Crippen LogP) is 2.17. The van der Waals surface area contributed by atoms with Crippen molar-refractivity contribution in [2.75, 3.05) is 19.6 Å². The van der Waals surface area contributed by atoms with Crippen LogP contribution in [0.1, 0.15) is 30.9 Å². The van der Waals surface area contributed by atoms with Crippen molar-refractivity contribution in [1.82, 2.24) is 4.90 Å². The average molecular weight is 216 g/mol. The molecule has 16 heavy (non-hydrogen) atoms. The van der Waals surface area contributed by atoms with E-state index in [0.717, 1.165) is 12.0 Å². The summed E-state index contributed by atoms with van der Waals surface area (Å²) in [5, 5.41) is 0. The van der Waals surface area contributed by atoms with Crippen LogP contribution in [0, 0.1) is 5.41 Å². The maximum atomic E-state index is 6.21. The second-order valence-electron chi connectivity index (χ2n) is 5.54. The van der Waals surface area contributed by atoms with Crippen molar-refractivity contribution >= 4 is 0 Å². The third-order valence-electron chi connectivity index (χ3n) is 4.21. The van der Waals surface area contributed by atoms with Crippen LogP contribution in [0.2, 0.25) is 0 Å². The van der Waals surface area contributed by atoms with E-state index in [1.54, 1.807) is 0 Å². The highest BCUT2D eigenvalue weighted by Gasteiger charge is 2.47. The van der Waals surface area contributed by atoms with Gasteiger partial charge >= 0.3 is 0 Å². The van der Waals surface area contributed by atoms with Gasteiger partial charge in [-0.2, -0.15) is 0 Å². The van der Waals surface area contributed by atoms with Crippen LogP contribution in [-0.2, 0) is 0 Å². The standard InChI is InChI=1S/C14H20N2/c15-13(12-5-2-1-3-6-12)9-16-10-14(11-16)7-4-8-14/h1-3,5-6,13H,4,7-11,15H2. The van der Waals surface area contributed by atoms with Crippen molar-refractivity contribution in [3.05, 3.63) is 35.9 Å². The van der Waals surface area contributed by atoms with Gasteiger partial charge in [0.2, 0.25) is 0 Å². The molecule has 1 heterocycles. The zero-order valence-corrected chi connectivity index (χ0v) is 9.73. The molecule has 2 nitrogen and oxygen atoms in total. The lowest BCUT2D eigenvalue weighted by atomic mass is 9.63. The molecule has 1 aliphatic carbocycles. The molecule has 2 aliphatic rings. The fraction of sp³-hybridized carbons (Fsp3) is 0.571. The molecule has 1 aliphatic heterocycles. The van der Waals surface area contributed by atoms with Gasteiger partial charge in [-0.05, 0) is 23.8 Å². The average Bonchev–Trinajstić information content (AvgIpc) is 2.21. The molecule has 0 bridgehead atoms. The molecular weight excluding hydrogens is 196 g/mol. The van der Waals surface area contributed by atoms with Gasteiger partial charge in [0.15, 0.2) is 0 Å². The van der Waals surface area contributed by atoms with Gasteiger partial charge in [0.05, 0.1) is 0 Å². The minimum Gasteiger partial charge on any atom is -0.323 e. The minimum absolute atomic E-state index is 0.179. The number of hydrogen-bond acceptors (Lipinski definition) is 2. The second-order valence-corrected chi connectivity index (χ2v) is 5.54. The Kier molecular flexibility index (Phi) is 2.49. The predicted molar refractivity (Wildman–Crippen MR) is 66.1 cm³/mol. The Balaban J connectivity index is 1.52. The summed E-state index contributed by atoms with van der Waals surface area (Å²) in [6.07, 6.45) is 4.34. The molecule has 2 fully saturated rings. The van der Waals surface area contributed by atoms with Gasteiger partial charge in [-0.1, -0.05) is 36.8 Å². The van der Waals surface area contributed by atoms with Gasteiger partial charge in [0, 0.05) is 25.7 Å². The lowest BCUT2D eigenvalue weighted by Crippen LogP contribution is -2.60. The van der Waals surface area contributed by atoms with Crippen LogP contribution in [0.15, 0.2) is 30.3 Å². The van der Waals surface area contributed by atoms with E-state index < -0.39 is 0 Å². The normalized spacial score (nSPS) is 24.8. The Bertz CT molecular complexity index is 348. The molecule has 1 saturated heterocycles. The molecule has 86 valence electrons. The first kappa shape index (κ1) is 10.3. The van der Waals surface area contributed by atoms with E-state index in [0.29, 0.717) is 0 Å². The van der Waals surface area contributed by atoms with E-state index in [2.05, 4.69) is 29.2 Å². The molecule has 0 amide bonds. The van der Waals surface area contributed by atoms with Gasteiger partial charge < -0.3 is 10.6 Å². The Hall–Kier alpha value is -0.860. The van der Waals surface area contributed by atoms with Crippen LogP contribution in [0.5, 0.6) is 0 Å². The first-order chi connectivity index (χ1) is 7.77. The summed E-state index contributed by atoms with van der Waals surface area (Å²) in [6.45, 7) is 3.59. The van der Waals surface area contributed by atoms with E-state index in [4.69, 9.17) is 5.73 Å². The molecule has 1 atom stereocenters. The van der Waals surface area contributed by atoms with Gasteiger partial charge in [0.1, 0.15) is 0 Å². The first-order valence-electron chi connectivity index (χ1n) is 6.30. The van der Waals surface area contributed by atoms with Crippen LogP contribution < -0.4 is 5.73 Å². The monoisotopic (exact) mass is 216 g/mol. The van der Waals surface area contributed by atoms with Crippen molar-refractivity contribution in [2.24, 2.45) is 11.1 Å². The van der Waals surface area contributed by atoms with Crippen LogP contribution >= 0.6 is 0 Å². The summed E-state index contributed by atoms with van der Waals surface area (Å²) in [6, 6.07) is 10.6. The van der Waals surface area contributed by atoms with E-state index in [1.807, 2.05) is 6.07 Å². The van der Waals surface area contributed by atoms with E-state index in [1.165, 1.54) is 37.9 Å². The molecule has 0 aromatic heterocycles. The van der Waals surface area contributed by atoms with Gasteiger partial charge in [-0.3, -0.25) is 0 Å². The molecule has 1 aromatic carbocycles. The quantitative estimate of drug-likeness (QED) is 0.839. The number of benzene rings is 1. The summed E-state index contributed by atoms with van der Waals surface area (Å²) >= 11 is 0. The molecular formula is C14H20N2. The summed E-state index contributed by atoms with van der Waals surface area (Å²) in [4.78, 5) is 2.51. The molecule has 1 saturated carbocycles. The number of hydrogen-bond donors (Lipinski definition) is 1. The van der Waals surface area contributed by atoms with Gasteiger partial charge in [0.25, 0.3) is 0 Å². The van der Waals surface area contributed by atoms with Crippen LogP contribution in [0.25, 0.3) is 0 Å². The maximum Gasteiger partial charge on any atom is 0.0424 e. The lowest BCUT2D eigenvalue weighted by molar-refractivity contribution is -0.0620. The highest BCUT2D eigenvalue weighted by Crippen LogP contribution is 2.48. The zero-order valence-electron chi connectivity index (χ0n) is 9.73. The number of rotatable bonds is 3. The first-order valence-corrected chi connectivity index (χ1v) is 6.30. The topological polar surface area (TPSA) is 29.3 Å². The van der Waals surface area contributed by atoms with Crippen molar-refractivity contribution in [3.8, 4) is 0 Å². The van der Waals surface area contributed by atoms with Gasteiger partial charge in [-0.15, -0.1) is 0 Å². The molecule has 1 spiro atoms. The molecule has 1 unspecified atom stereocenters. The smallest absolute Gasteiger partial charge is 0.0424 e. The highest BCUT2D eigenvalue weighted by molar-refractivity contribution is 5.19. The van der Waals surface area contributed by atoms with Crippen molar-refractivity contribution in [3.63, 3.8) is 0 Å². The van der Waals surface area contributed by atoms with Crippen molar-refractivity contribution < 1.29 is 0 Å². The maximum absolute atomic E-state index is 6.21.